The third-order valence-corrected chi connectivity index (χ3v) is 7.74. The summed E-state index contributed by atoms with van der Waals surface area (Å²) in [6, 6.07) is 24.0. The molecular formula is C30H29N3O6S. The highest BCUT2D eigenvalue weighted by atomic mass is 32.2. The van der Waals surface area contributed by atoms with Gasteiger partial charge in [-0.2, -0.15) is 0 Å². The first-order valence-electron chi connectivity index (χ1n) is 12.8. The summed E-state index contributed by atoms with van der Waals surface area (Å²) in [4.78, 5) is 19.1. The third-order valence-electron chi connectivity index (χ3n) is 6.39. The summed E-state index contributed by atoms with van der Waals surface area (Å²) in [5.74, 6) is 0.434. The van der Waals surface area contributed by atoms with E-state index in [1.165, 1.54) is 12.1 Å². The summed E-state index contributed by atoms with van der Waals surface area (Å²) < 4.78 is 44.6. The highest BCUT2D eigenvalue weighted by molar-refractivity contribution is 7.90. The molecule has 1 aromatic heterocycles. The highest BCUT2D eigenvalue weighted by Crippen LogP contribution is 2.37. The smallest absolute Gasteiger partial charge is 0.264 e. The molecule has 5 rings (SSSR count). The van der Waals surface area contributed by atoms with E-state index in [1.807, 2.05) is 35.2 Å². The number of benzene rings is 3. The van der Waals surface area contributed by atoms with Gasteiger partial charge < -0.3 is 19.1 Å². The average Bonchev–Trinajstić information content (AvgIpc) is 3.50. The number of nitrogens with one attached hydrogen (secondary N) is 1. The molecule has 1 N–H and O–H groups in total. The maximum Gasteiger partial charge on any atom is 0.264 e. The van der Waals surface area contributed by atoms with Crippen molar-refractivity contribution >= 4 is 27.3 Å². The minimum Gasteiger partial charge on any atom is -0.493 e. The number of methoxy groups -OCH3 is 1. The fourth-order valence-corrected chi connectivity index (χ4v) is 5.34. The van der Waals surface area contributed by atoms with Crippen molar-refractivity contribution in [2.24, 2.45) is 0 Å². The Morgan fingerprint density at radius 3 is 2.45 bits per heavy atom. The predicted molar refractivity (Wildman–Crippen MR) is 150 cm³/mol. The van der Waals surface area contributed by atoms with Crippen LogP contribution < -0.4 is 19.1 Å². The summed E-state index contributed by atoms with van der Waals surface area (Å²) in [5, 5.41) is 0. The third kappa shape index (κ3) is 6.41. The molecule has 1 amide bonds. The maximum absolute atomic E-state index is 12.8. The SMILES string of the molecule is COc1ccc(N(Cc2cccnc2)c2ccc(C(=O)NS(=O)(=O)c3ccccc3)cc2)cc1OC1CCCO1. The summed E-state index contributed by atoms with van der Waals surface area (Å²) in [7, 11) is -2.40. The first-order valence-corrected chi connectivity index (χ1v) is 14.3. The van der Waals surface area contributed by atoms with Crippen molar-refractivity contribution in [1.29, 1.82) is 0 Å². The molecule has 1 saturated heterocycles. The Balaban J connectivity index is 1.43. The Morgan fingerprint density at radius 2 is 1.77 bits per heavy atom. The number of rotatable bonds is 10. The Labute approximate surface area is 233 Å². The van der Waals surface area contributed by atoms with E-state index in [0.717, 1.165) is 29.8 Å². The molecule has 0 aliphatic carbocycles. The van der Waals surface area contributed by atoms with E-state index in [9.17, 15) is 13.2 Å². The van der Waals surface area contributed by atoms with Crippen LogP contribution in [-0.4, -0.2) is 39.3 Å². The standard InChI is InChI=1S/C30H29N3O6S/c1-37-27-16-15-25(19-28(27)39-29-10-6-18-38-29)33(21-22-7-5-17-31-20-22)24-13-11-23(12-14-24)30(34)32-40(35,36)26-8-3-2-4-9-26/h2-5,7-9,11-17,19-20,29H,6,10,18,21H2,1H3,(H,32,34). The van der Waals surface area contributed by atoms with Crippen molar-refractivity contribution < 1.29 is 27.4 Å². The lowest BCUT2D eigenvalue weighted by molar-refractivity contribution is -0.0402. The fraction of sp³-hybridized carbons (Fsp3) is 0.200. The van der Waals surface area contributed by atoms with Crippen molar-refractivity contribution in [3.05, 3.63) is 108 Å². The fourth-order valence-electron chi connectivity index (χ4n) is 4.35. The van der Waals surface area contributed by atoms with E-state index in [4.69, 9.17) is 14.2 Å². The van der Waals surface area contributed by atoms with Gasteiger partial charge in [-0.05, 0) is 66.6 Å². The molecular weight excluding hydrogens is 530 g/mol. The lowest BCUT2D eigenvalue weighted by Gasteiger charge is -2.27. The quantitative estimate of drug-likeness (QED) is 0.287. The number of sulfonamides is 1. The second kappa shape index (κ2) is 12.2. The van der Waals surface area contributed by atoms with E-state index in [-0.39, 0.29) is 16.7 Å². The maximum atomic E-state index is 12.8. The molecule has 10 heteroatoms. The molecule has 2 heterocycles. The molecule has 0 bridgehead atoms. The van der Waals surface area contributed by atoms with Crippen LogP contribution in [0, 0.1) is 0 Å². The summed E-state index contributed by atoms with van der Waals surface area (Å²) in [6.07, 6.45) is 4.91. The number of aromatic nitrogens is 1. The summed E-state index contributed by atoms with van der Waals surface area (Å²) in [6.45, 7) is 1.14. The van der Waals surface area contributed by atoms with E-state index in [2.05, 4.69) is 9.71 Å². The normalized spacial score (nSPS) is 14.9. The number of carbonyl (C=O) groups excluding carboxylic acids is 1. The van der Waals surface area contributed by atoms with Gasteiger partial charge in [0.1, 0.15) is 0 Å². The van der Waals surface area contributed by atoms with Crippen LogP contribution in [0.4, 0.5) is 11.4 Å². The highest BCUT2D eigenvalue weighted by Gasteiger charge is 2.22. The number of hydrogen-bond acceptors (Lipinski definition) is 8. The lowest BCUT2D eigenvalue weighted by Crippen LogP contribution is -2.30. The van der Waals surface area contributed by atoms with E-state index >= 15 is 0 Å². The van der Waals surface area contributed by atoms with Gasteiger partial charge in [0.25, 0.3) is 15.9 Å². The molecule has 0 radical (unpaired) electrons. The van der Waals surface area contributed by atoms with Crippen LogP contribution in [0.25, 0.3) is 0 Å². The second-order valence-corrected chi connectivity index (χ2v) is 10.8. The molecule has 3 aromatic carbocycles. The number of nitrogens with zero attached hydrogens (tertiary/aromatic N) is 2. The van der Waals surface area contributed by atoms with Crippen LogP contribution in [0.15, 0.2) is 102 Å². The lowest BCUT2D eigenvalue weighted by atomic mass is 10.1. The average molecular weight is 560 g/mol. The van der Waals surface area contributed by atoms with Crippen molar-refractivity contribution in [1.82, 2.24) is 9.71 Å². The van der Waals surface area contributed by atoms with Crippen LogP contribution in [0.5, 0.6) is 11.5 Å². The molecule has 1 aliphatic heterocycles. The van der Waals surface area contributed by atoms with E-state index in [0.29, 0.717) is 24.7 Å². The van der Waals surface area contributed by atoms with E-state index < -0.39 is 15.9 Å². The number of ether oxygens (including phenoxy) is 3. The summed E-state index contributed by atoms with van der Waals surface area (Å²) in [5.41, 5.74) is 2.78. The number of amides is 1. The molecule has 1 fully saturated rings. The Hall–Kier alpha value is -4.41. The number of anilines is 2. The van der Waals surface area contributed by atoms with Crippen LogP contribution in [-0.2, 0) is 21.3 Å². The Bertz CT molecular complexity index is 1540. The van der Waals surface area contributed by atoms with Crippen molar-refractivity contribution in [3.63, 3.8) is 0 Å². The van der Waals surface area contributed by atoms with Gasteiger partial charge in [-0.25, -0.2) is 13.1 Å². The molecule has 206 valence electrons. The molecule has 4 aromatic rings. The number of hydrogen-bond donors (Lipinski definition) is 1. The zero-order chi connectivity index (χ0) is 28.0. The monoisotopic (exact) mass is 559 g/mol. The van der Waals surface area contributed by atoms with Crippen LogP contribution in [0.1, 0.15) is 28.8 Å². The van der Waals surface area contributed by atoms with Gasteiger partial charge in [0.2, 0.25) is 0 Å². The molecule has 1 unspecified atom stereocenters. The molecule has 0 spiro atoms. The topological polar surface area (TPSA) is 107 Å². The van der Waals surface area contributed by atoms with Crippen LogP contribution in [0.3, 0.4) is 0 Å². The van der Waals surface area contributed by atoms with Crippen LogP contribution in [0.2, 0.25) is 0 Å². The zero-order valence-corrected chi connectivity index (χ0v) is 22.7. The first-order chi connectivity index (χ1) is 19.4. The molecule has 1 aliphatic rings. The minimum absolute atomic E-state index is 0.0168. The number of pyridine rings is 1. The van der Waals surface area contributed by atoms with Gasteiger partial charge in [0.05, 0.1) is 18.6 Å². The van der Waals surface area contributed by atoms with Gasteiger partial charge in [-0.1, -0.05) is 24.3 Å². The Kier molecular flexibility index (Phi) is 8.28. The Morgan fingerprint density at radius 1 is 1.00 bits per heavy atom. The summed E-state index contributed by atoms with van der Waals surface area (Å²) >= 11 is 0. The molecule has 9 nitrogen and oxygen atoms in total. The van der Waals surface area contributed by atoms with Crippen molar-refractivity contribution in [2.45, 2.75) is 30.6 Å². The van der Waals surface area contributed by atoms with Gasteiger partial charge in [-0.15, -0.1) is 0 Å². The molecule has 0 saturated carbocycles. The minimum atomic E-state index is -3.99. The predicted octanol–water partition coefficient (Wildman–Crippen LogP) is 5.06. The second-order valence-electron chi connectivity index (χ2n) is 9.14. The van der Waals surface area contributed by atoms with Gasteiger partial charge >= 0.3 is 0 Å². The van der Waals surface area contributed by atoms with Crippen molar-refractivity contribution in [3.8, 4) is 11.5 Å². The van der Waals surface area contributed by atoms with E-state index in [1.54, 1.807) is 62.0 Å². The zero-order valence-electron chi connectivity index (χ0n) is 21.9. The largest absolute Gasteiger partial charge is 0.493 e. The van der Waals surface area contributed by atoms with Gasteiger partial charge in [0, 0.05) is 48.4 Å². The van der Waals surface area contributed by atoms with Crippen LogP contribution >= 0.6 is 0 Å². The first kappa shape index (κ1) is 27.2. The molecule has 40 heavy (non-hydrogen) atoms. The molecule has 1 atom stereocenters. The van der Waals surface area contributed by atoms with Gasteiger partial charge in [0.15, 0.2) is 17.8 Å². The van der Waals surface area contributed by atoms with Gasteiger partial charge in [-0.3, -0.25) is 9.78 Å². The number of carbonyl (C=O) groups is 1. The van der Waals surface area contributed by atoms with Crippen molar-refractivity contribution in [2.75, 3.05) is 18.6 Å².